The summed E-state index contributed by atoms with van der Waals surface area (Å²) in [4.78, 5) is 26.7. The molecule has 0 spiro atoms. The highest BCUT2D eigenvalue weighted by molar-refractivity contribution is 5.94. The fraction of sp³-hybridized carbons (Fsp3) is 0.857. The Morgan fingerprint density at radius 3 is 2.95 bits per heavy atom. The van der Waals surface area contributed by atoms with Crippen LogP contribution in [0.3, 0.4) is 0 Å². The Balaban J connectivity index is 1.57. The van der Waals surface area contributed by atoms with E-state index in [0.29, 0.717) is 13.2 Å². The van der Waals surface area contributed by atoms with Crippen molar-refractivity contribution in [2.45, 2.75) is 37.7 Å². The number of carbonyl (C=O) groups is 2. The van der Waals surface area contributed by atoms with Gasteiger partial charge in [0, 0.05) is 19.0 Å². The number of ether oxygens (including phenoxy) is 1. The minimum atomic E-state index is -0.527. The number of hydrogen-bond donors (Lipinski definition) is 1. The van der Waals surface area contributed by atoms with Crippen molar-refractivity contribution in [1.82, 2.24) is 9.80 Å². The lowest BCUT2D eigenvalue weighted by atomic mass is 9.71. The molecular formula is C14H22N2O4. The first-order valence-electron chi connectivity index (χ1n) is 7.50. The Morgan fingerprint density at radius 1 is 1.35 bits per heavy atom. The Bertz CT molecular complexity index is 414. The van der Waals surface area contributed by atoms with Gasteiger partial charge in [-0.25, -0.2) is 9.69 Å². The third-order valence-corrected chi connectivity index (χ3v) is 4.93. The molecular weight excluding hydrogens is 260 g/mol. The summed E-state index contributed by atoms with van der Waals surface area (Å²) in [7, 11) is 0. The van der Waals surface area contributed by atoms with E-state index in [1.165, 1.54) is 4.90 Å². The van der Waals surface area contributed by atoms with Crippen molar-refractivity contribution in [2.75, 3.05) is 32.8 Å². The van der Waals surface area contributed by atoms with Crippen molar-refractivity contribution < 1.29 is 19.4 Å². The Morgan fingerprint density at radius 2 is 2.20 bits per heavy atom. The monoisotopic (exact) mass is 282 g/mol. The quantitative estimate of drug-likeness (QED) is 0.803. The molecule has 2 amide bonds. The second kappa shape index (κ2) is 5.33. The molecule has 6 heteroatoms. The molecule has 112 valence electrons. The fourth-order valence-corrected chi connectivity index (χ4v) is 3.68. The third-order valence-electron chi connectivity index (χ3n) is 4.93. The van der Waals surface area contributed by atoms with Crippen molar-refractivity contribution in [1.29, 1.82) is 0 Å². The SMILES string of the molecule is O=C(CN1CCC2(O)CCCCC2C1)N1CCOC1=O. The molecule has 0 radical (unpaired) electrons. The highest BCUT2D eigenvalue weighted by atomic mass is 16.6. The summed E-state index contributed by atoms with van der Waals surface area (Å²) in [5.74, 6) is 0.0806. The van der Waals surface area contributed by atoms with Crippen LogP contribution in [0.25, 0.3) is 0 Å². The molecule has 0 aromatic rings. The molecule has 1 saturated carbocycles. The van der Waals surface area contributed by atoms with E-state index in [2.05, 4.69) is 4.90 Å². The summed E-state index contributed by atoms with van der Waals surface area (Å²) in [5, 5.41) is 10.6. The minimum Gasteiger partial charge on any atom is -0.447 e. The van der Waals surface area contributed by atoms with E-state index < -0.39 is 11.7 Å². The second-order valence-electron chi connectivity index (χ2n) is 6.19. The first kappa shape index (κ1) is 13.8. The maximum absolute atomic E-state index is 12.1. The van der Waals surface area contributed by atoms with Crippen LogP contribution >= 0.6 is 0 Å². The number of fused-ring (bicyclic) bond motifs is 1. The largest absolute Gasteiger partial charge is 0.447 e. The van der Waals surface area contributed by atoms with E-state index in [0.717, 1.165) is 45.2 Å². The van der Waals surface area contributed by atoms with Gasteiger partial charge in [-0.05, 0) is 19.3 Å². The van der Waals surface area contributed by atoms with Crippen LogP contribution in [0.15, 0.2) is 0 Å². The molecule has 2 saturated heterocycles. The Labute approximate surface area is 118 Å². The highest BCUT2D eigenvalue weighted by Crippen LogP contribution is 2.39. The second-order valence-corrected chi connectivity index (χ2v) is 6.19. The number of amides is 2. The van der Waals surface area contributed by atoms with Crippen LogP contribution in [0.1, 0.15) is 32.1 Å². The highest BCUT2D eigenvalue weighted by Gasteiger charge is 2.43. The van der Waals surface area contributed by atoms with Crippen LogP contribution < -0.4 is 0 Å². The number of rotatable bonds is 2. The Kier molecular flexibility index (Phi) is 3.69. The lowest BCUT2D eigenvalue weighted by molar-refractivity contribution is -0.133. The summed E-state index contributed by atoms with van der Waals surface area (Å²) < 4.78 is 4.79. The number of piperidine rings is 1. The molecule has 0 aromatic heterocycles. The number of aliphatic hydroxyl groups is 1. The molecule has 2 aliphatic heterocycles. The van der Waals surface area contributed by atoms with Gasteiger partial charge in [-0.15, -0.1) is 0 Å². The zero-order valence-electron chi connectivity index (χ0n) is 11.7. The zero-order chi connectivity index (χ0) is 14.2. The molecule has 2 unspecified atom stereocenters. The molecule has 0 aromatic carbocycles. The first-order valence-corrected chi connectivity index (χ1v) is 7.50. The number of cyclic esters (lactones) is 1. The standard InChI is InChI=1S/C14H22N2O4/c17-12(16-7-8-20-13(16)18)10-15-6-5-14(19)4-2-1-3-11(14)9-15/h11,19H,1-10H2. The smallest absolute Gasteiger partial charge is 0.416 e. The first-order chi connectivity index (χ1) is 9.58. The van der Waals surface area contributed by atoms with Gasteiger partial charge in [0.1, 0.15) is 6.61 Å². The molecule has 3 fully saturated rings. The van der Waals surface area contributed by atoms with Crippen LogP contribution in [0.2, 0.25) is 0 Å². The lowest BCUT2D eigenvalue weighted by Gasteiger charge is -2.47. The summed E-state index contributed by atoms with van der Waals surface area (Å²) in [6.45, 7) is 2.39. The predicted molar refractivity (Wildman–Crippen MR) is 71.0 cm³/mol. The van der Waals surface area contributed by atoms with Gasteiger partial charge >= 0.3 is 6.09 Å². The average molecular weight is 282 g/mol. The van der Waals surface area contributed by atoms with Crippen molar-refractivity contribution in [3.63, 3.8) is 0 Å². The van der Waals surface area contributed by atoms with Gasteiger partial charge in [0.15, 0.2) is 0 Å². The normalized spacial score (nSPS) is 34.8. The van der Waals surface area contributed by atoms with E-state index in [1.807, 2.05) is 0 Å². The molecule has 6 nitrogen and oxygen atoms in total. The van der Waals surface area contributed by atoms with Crippen molar-refractivity contribution in [3.8, 4) is 0 Å². The predicted octanol–water partition coefficient (Wildman–Crippen LogP) is 0.592. The van der Waals surface area contributed by atoms with Crippen LogP contribution in [0.5, 0.6) is 0 Å². The van der Waals surface area contributed by atoms with Gasteiger partial charge in [-0.1, -0.05) is 12.8 Å². The molecule has 3 rings (SSSR count). The lowest BCUT2D eigenvalue weighted by Crippen LogP contribution is -2.55. The number of imide groups is 1. The van der Waals surface area contributed by atoms with Gasteiger partial charge in [0.25, 0.3) is 0 Å². The van der Waals surface area contributed by atoms with Crippen LogP contribution in [-0.2, 0) is 9.53 Å². The molecule has 2 heterocycles. The number of carbonyl (C=O) groups excluding carboxylic acids is 2. The van der Waals surface area contributed by atoms with Crippen molar-refractivity contribution in [2.24, 2.45) is 5.92 Å². The van der Waals surface area contributed by atoms with Crippen molar-refractivity contribution in [3.05, 3.63) is 0 Å². The van der Waals surface area contributed by atoms with Gasteiger partial charge in [0.2, 0.25) is 5.91 Å². The van der Waals surface area contributed by atoms with Gasteiger partial charge in [-0.3, -0.25) is 9.69 Å². The summed E-state index contributed by atoms with van der Waals surface area (Å²) >= 11 is 0. The molecule has 20 heavy (non-hydrogen) atoms. The molecule has 2 atom stereocenters. The molecule has 1 aliphatic carbocycles. The van der Waals surface area contributed by atoms with Gasteiger partial charge in [-0.2, -0.15) is 0 Å². The van der Waals surface area contributed by atoms with E-state index >= 15 is 0 Å². The van der Waals surface area contributed by atoms with Gasteiger partial charge in [0.05, 0.1) is 18.7 Å². The summed E-state index contributed by atoms with van der Waals surface area (Å²) in [5.41, 5.74) is -0.523. The maximum Gasteiger partial charge on any atom is 0.416 e. The topological polar surface area (TPSA) is 70.1 Å². The van der Waals surface area contributed by atoms with Crippen LogP contribution in [-0.4, -0.2) is 65.3 Å². The average Bonchev–Trinajstić information content (AvgIpc) is 2.85. The van der Waals surface area contributed by atoms with Crippen molar-refractivity contribution >= 4 is 12.0 Å². The molecule has 1 N–H and O–H groups in total. The maximum atomic E-state index is 12.1. The van der Waals surface area contributed by atoms with E-state index in [9.17, 15) is 14.7 Å². The van der Waals surface area contributed by atoms with Crippen LogP contribution in [0, 0.1) is 5.92 Å². The van der Waals surface area contributed by atoms with E-state index in [-0.39, 0.29) is 18.4 Å². The van der Waals surface area contributed by atoms with E-state index in [1.54, 1.807) is 0 Å². The molecule has 0 bridgehead atoms. The Hall–Kier alpha value is -1.14. The summed E-state index contributed by atoms with van der Waals surface area (Å²) in [6.07, 6.45) is 4.39. The number of hydrogen-bond acceptors (Lipinski definition) is 5. The fourth-order valence-electron chi connectivity index (χ4n) is 3.68. The third kappa shape index (κ3) is 2.54. The molecule has 3 aliphatic rings. The van der Waals surface area contributed by atoms with E-state index in [4.69, 9.17) is 4.74 Å². The number of likely N-dealkylation sites (tertiary alicyclic amines) is 1. The summed E-state index contributed by atoms with van der Waals surface area (Å²) in [6, 6.07) is 0. The minimum absolute atomic E-state index is 0.186. The van der Waals surface area contributed by atoms with Crippen LogP contribution in [0.4, 0.5) is 4.79 Å². The zero-order valence-corrected chi connectivity index (χ0v) is 11.7. The number of nitrogens with zero attached hydrogens (tertiary/aromatic N) is 2. The van der Waals surface area contributed by atoms with Gasteiger partial charge < -0.3 is 9.84 Å².